The van der Waals surface area contributed by atoms with Crippen molar-refractivity contribution in [1.29, 1.82) is 0 Å². The summed E-state index contributed by atoms with van der Waals surface area (Å²) in [6.07, 6.45) is 0. The lowest BCUT2D eigenvalue weighted by atomic mass is 10.2. The van der Waals surface area contributed by atoms with Crippen molar-refractivity contribution in [3.05, 3.63) is 29.7 Å². The van der Waals surface area contributed by atoms with Crippen LogP contribution in [-0.2, 0) is 17.9 Å². The molecule has 1 heterocycles. The minimum absolute atomic E-state index is 0.414. The third kappa shape index (κ3) is 2.40. The summed E-state index contributed by atoms with van der Waals surface area (Å²) in [5.74, 6) is 0.623. The first-order valence-corrected chi connectivity index (χ1v) is 5.41. The molecule has 0 saturated carbocycles. The van der Waals surface area contributed by atoms with E-state index in [1.807, 2.05) is 12.1 Å². The SMILES string of the molecule is CCNCc1ccc2nc(COC)oc2c1. The summed E-state index contributed by atoms with van der Waals surface area (Å²) >= 11 is 0. The quantitative estimate of drug-likeness (QED) is 0.838. The Kier molecular flexibility index (Phi) is 3.54. The van der Waals surface area contributed by atoms with Gasteiger partial charge >= 0.3 is 0 Å². The minimum atomic E-state index is 0.414. The predicted molar refractivity (Wildman–Crippen MR) is 62.1 cm³/mol. The molecule has 2 aromatic rings. The van der Waals surface area contributed by atoms with E-state index in [0.29, 0.717) is 12.5 Å². The van der Waals surface area contributed by atoms with Crippen LogP contribution in [0.25, 0.3) is 11.1 Å². The van der Waals surface area contributed by atoms with Gasteiger partial charge in [0.1, 0.15) is 12.1 Å². The van der Waals surface area contributed by atoms with Crippen LogP contribution in [0.3, 0.4) is 0 Å². The van der Waals surface area contributed by atoms with Crippen LogP contribution < -0.4 is 5.32 Å². The highest BCUT2D eigenvalue weighted by Crippen LogP contribution is 2.17. The first-order valence-electron chi connectivity index (χ1n) is 5.41. The van der Waals surface area contributed by atoms with Gasteiger partial charge in [0.05, 0.1) is 0 Å². The van der Waals surface area contributed by atoms with E-state index in [9.17, 15) is 0 Å². The molecule has 2 rings (SSSR count). The highest BCUT2D eigenvalue weighted by atomic mass is 16.5. The first kappa shape index (κ1) is 11.1. The lowest BCUT2D eigenvalue weighted by Crippen LogP contribution is -2.11. The standard InChI is InChI=1S/C12H16N2O2/c1-3-13-7-9-4-5-10-11(6-9)16-12(14-10)8-15-2/h4-6,13H,3,7-8H2,1-2H3. The van der Waals surface area contributed by atoms with Crippen LogP contribution in [0, 0.1) is 0 Å². The normalized spacial score (nSPS) is 11.1. The van der Waals surface area contributed by atoms with Crippen LogP contribution >= 0.6 is 0 Å². The number of nitrogens with zero attached hydrogens (tertiary/aromatic N) is 1. The fourth-order valence-electron chi connectivity index (χ4n) is 1.58. The minimum Gasteiger partial charge on any atom is -0.438 e. The molecule has 0 fully saturated rings. The second kappa shape index (κ2) is 5.09. The molecule has 0 spiro atoms. The summed E-state index contributed by atoms with van der Waals surface area (Å²) in [6, 6.07) is 6.05. The largest absolute Gasteiger partial charge is 0.438 e. The van der Waals surface area contributed by atoms with E-state index >= 15 is 0 Å². The van der Waals surface area contributed by atoms with Gasteiger partial charge in [-0.3, -0.25) is 0 Å². The van der Waals surface area contributed by atoms with Gasteiger partial charge in [0.15, 0.2) is 5.58 Å². The van der Waals surface area contributed by atoms with Gasteiger partial charge in [0.25, 0.3) is 0 Å². The van der Waals surface area contributed by atoms with Crippen molar-refractivity contribution in [2.75, 3.05) is 13.7 Å². The van der Waals surface area contributed by atoms with Gasteiger partial charge in [-0.25, -0.2) is 4.98 Å². The monoisotopic (exact) mass is 220 g/mol. The Morgan fingerprint density at radius 3 is 3.06 bits per heavy atom. The van der Waals surface area contributed by atoms with Crippen LogP contribution in [0.4, 0.5) is 0 Å². The van der Waals surface area contributed by atoms with E-state index in [2.05, 4.69) is 23.3 Å². The summed E-state index contributed by atoms with van der Waals surface area (Å²) in [5, 5.41) is 3.27. The molecule has 0 radical (unpaired) electrons. The number of hydrogen-bond donors (Lipinski definition) is 1. The van der Waals surface area contributed by atoms with Gasteiger partial charge in [-0.1, -0.05) is 13.0 Å². The number of ether oxygens (including phenoxy) is 1. The van der Waals surface area contributed by atoms with Crippen LogP contribution in [0.15, 0.2) is 22.6 Å². The van der Waals surface area contributed by atoms with E-state index in [-0.39, 0.29) is 0 Å². The van der Waals surface area contributed by atoms with Crippen molar-refractivity contribution in [2.45, 2.75) is 20.1 Å². The highest BCUT2D eigenvalue weighted by molar-refractivity contribution is 5.73. The third-order valence-corrected chi connectivity index (χ3v) is 2.34. The summed E-state index contributed by atoms with van der Waals surface area (Å²) in [5.41, 5.74) is 2.91. The van der Waals surface area contributed by atoms with Gasteiger partial charge < -0.3 is 14.5 Å². The number of nitrogens with one attached hydrogen (secondary N) is 1. The molecule has 0 aliphatic heterocycles. The van der Waals surface area contributed by atoms with Crippen LogP contribution in [0.1, 0.15) is 18.4 Å². The number of methoxy groups -OCH3 is 1. The zero-order valence-electron chi connectivity index (χ0n) is 9.62. The zero-order valence-corrected chi connectivity index (χ0v) is 9.62. The van der Waals surface area contributed by atoms with E-state index in [1.54, 1.807) is 7.11 Å². The van der Waals surface area contributed by atoms with Crippen molar-refractivity contribution >= 4 is 11.1 Å². The Labute approximate surface area is 94.6 Å². The molecule has 4 nitrogen and oxygen atoms in total. The molecule has 0 bridgehead atoms. The van der Waals surface area contributed by atoms with Crippen LogP contribution in [-0.4, -0.2) is 18.6 Å². The molecule has 1 N–H and O–H groups in total. The van der Waals surface area contributed by atoms with Gasteiger partial charge in [-0.15, -0.1) is 0 Å². The molecule has 1 aromatic carbocycles. The van der Waals surface area contributed by atoms with Crippen LogP contribution in [0.2, 0.25) is 0 Å². The van der Waals surface area contributed by atoms with E-state index in [4.69, 9.17) is 9.15 Å². The number of aromatic nitrogens is 1. The van der Waals surface area contributed by atoms with Crippen molar-refractivity contribution in [3.8, 4) is 0 Å². The topological polar surface area (TPSA) is 47.3 Å². The Balaban J connectivity index is 2.23. The summed E-state index contributed by atoms with van der Waals surface area (Å²) in [4.78, 5) is 4.31. The number of fused-ring (bicyclic) bond motifs is 1. The second-order valence-corrected chi connectivity index (χ2v) is 3.62. The molecule has 86 valence electrons. The summed E-state index contributed by atoms with van der Waals surface area (Å²) in [7, 11) is 1.63. The van der Waals surface area contributed by atoms with Gasteiger partial charge in [0, 0.05) is 13.7 Å². The molecule has 1 aromatic heterocycles. The maximum Gasteiger partial charge on any atom is 0.221 e. The van der Waals surface area contributed by atoms with Crippen LogP contribution in [0.5, 0.6) is 0 Å². The first-order chi connectivity index (χ1) is 7.83. The summed E-state index contributed by atoms with van der Waals surface area (Å²) in [6.45, 7) is 4.32. The molecule has 16 heavy (non-hydrogen) atoms. The molecule has 0 atom stereocenters. The van der Waals surface area contributed by atoms with Crippen molar-refractivity contribution < 1.29 is 9.15 Å². The van der Waals surface area contributed by atoms with Crippen molar-refractivity contribution in [1.82, 2.24) is 10.3 Å². The molecule has 0 aliphatic carbocycles. The van der Waals surface area contributed by atoms with E-state index in [1.165, 1.54) is 5.56 Å². The number of hydrogen-bond acceptors (Lipinski definition) is 4. The third-order valence-electron chi connectivity index (χ3n) is 2.34. The highest BCUT2D eigenvalue weighted by Gasteiger charge is 2.05. The average molecular weight is 220 g/mol. The smallest absolute Gasteiger partial charge is 0.221 e. The Morgan fingerprint density at radius 1 is 1.44 bits per heavy atom. The molecule has 0 amide bonds. The zero-order chi connectivity index (χ0) is 11.4. The molecule has 4 heteroatoms. The Hall–Kier alpha value is -1.39. The average Bonchev–Trinajstić information content (AvgIpc) is 2.68. The molecular formula is C12H16N2O2. The molecule has 0 saturated heterocycles. The maximum absolute atomic E-state index is 5.57. The van der Waals surface area contributed by atoms with Crippen molar-refractivity contribution in [2.24, 2.45) is 0 Å². The van der Waals surface area contributed by atoms with Gasteiger partial charge in [-0.2, -0.15) is 0 Å². The van der Waals surface area contributed by atoms with E-state index < -0.39 is 0 Å². The molecule has 0 aliphatic rings. The van der Waals surface area contributed by atoms with E-state index in [0.717, 1.165) is 24.2 Å². The molecule has 0 unspecified atom stereocenters. The predicted octanol–water partition coefficient (Wildman–Crippen LogP) is 2.08. The van der Waals surface area contributed by atoms with Gasteiger partial charge in [-0.05, 0) is 24.2 Å². The summed E-state index contributed by atoms with van der Waals surface area (Å²) < 4.78 is 10.5. The van der Waals surface area contributed by atoms with Gasteiger partial charge in [0.2, 0.25) is 5.89 Å². The Bertz CT molecular complexity index is 465. The van der Waals surface area contributed by atoms with Crippen molar-refractivity contribution in [3.63, 3.8) is 0 Å². The fraction of sp³-hybridized carbons (Fsp3) is 0.417. The number of oxazole rings is 1. The Morgan fingerprint density at radius 2 is 2.31 bits per heavy atom. The fourth-order valence-corrected chi connectivity index (χ4v) is 1.58. The lowest BCUT2D eigenvalue weighted by Gasteiger charge is -2.00. The second-order valence-electron chi connectivity index (χ2n) is 3.62. The molecular weight excluding hydrogens is 204 g/mol. The number of rotatable bonds is 5. The lowest BCUT2D eigenvalue weighted by molar-refractivity contribution is 0.161. The number of benzene rings is 1. The maximum atomic E-state index is 5.57.